The molecular formula is C11H19N3O5. The van der Waals surface area contributed by atoms with Gasteiger partial charge in [0.1, 0.15) is 12.1 Å². The van der Waals surface area contributed by atoms with Crippen LogP contribution < -0.4 is 11.1 Å². The maximum atomic E-state index is 12.2. The highest BCUT2D eigenvalue weighted by molar-refractivity contribution is 5.91. The van der Waals surface area contributed by atoms with Gasteiger partial charge in [-0.25, -0.2) is 4.79 Å². The Morgan fingerprint density at radius 1 is 1.47 bits per heavy atom. The van der Waals surface area contributed by atoms with Crippen molar-refractivity contribution in [2.45, 2.75) is 38.0 Å². The smallest absolute Gasteiger partial charge is 0.326 e. The lowest BCUT2D eigenvalue weighted by Crippen LogP contribution is -2.56. The number of aliphatic hydroxyl groups excluding tert-OH is 1. The number of carboxylic acids is 1. The Hall–Kier alpha value is -1.67. The fourth-order valence-electron chi connectivity index (χ4n) is 2.09. The van der Waals surface area contributed by atoms with Crippen LogP contribution in [0.15, 0.2) is 0 Å². The predicted molar refractivity (Wildman–Crippen MR) is 65.0 cm³/mol. The van der Waals surface area contributed by atoms with E-state index in [0.717, 1.165) is 0 Å². The van der Waals surface area contributed by atoms with E-state index in [4.69, 9.17) is 10.8 Å². The van der Waals surface area contributed by atoms with E-state index in [1.54, 1.807) is 0 Å². The first-order valence-corrected chi connectivity index (χ1v) is 6.09. The number of nitrogens with one attached hydrogen (secondary N) is 1. The first kappa shape index (κ1) is 15.4. The summed E-state index contributed by atoms with van der Waals surface area (Å²) in [6.07, 6.45) is -0.170. The fraction of sp³-hybridized carbons (Fsp3) is 0.727. The molecule has 0 aromatic rings. The molecule has 0 aromatic carbocycles. The number of carboxylic acid groups (broad SMARTS) is 1. The van der Waals surface area contributed by atoms with E-state index in [1.807, 2.05) is 0 Å². The van der Waals surface area contributed by atoms with Crippen molar-refractivity contribution in [1.82, 2.24) is 10.2 Å². The minimum atomic E-state index is -1.17. The Labute approximate surface area is 110 Å². The second kappa shape index (κ2) is 6.48. The maximum absolute atomic E-state index is 12.2. The largest absolute Gasteiger partial charge is 0.480 e. The van der Waals surface area contributed by atoms with Gasteiger partial charge in [-0.2, -0.15) is 0 Å². The highest BCUT2D eigenvalue weighted by atomic mass is 16.4. The number of aliphatic carboxylic acids is 1. The Morgan fingerprint density at radius 2 is 2.11 bits per heavy atom. The van der Waals surface area contributed by atoms with Crippen LogP contribution in [0.1, 0.15) is 19.8 Å². The highest BCUT2D eigenvalue weighted by Crippen LogP contribution is 2.19. The number of amides is 2. The molecule has 0 radical (unpaired) electrons. The third-order valence-corrected chi connectivity index (χ3v) is 3.07. The number of carbonyl (C=O) groups is 3. The van der Waals surface area contributed by atoms with Crippen molar-refractivity contribution in [1.29, 1.82) is 0 Å². The summed E-state index contributed by atoms with van der Waals surface area (Å²) in [4.78, 5) is 35.6. The molecule has 0 saturated carbocycles. The molecule has 3 atom stereocenters. The number of nitrogens with zero attached hydrogens (tertiary/aromatic N) is 1. The molecule has 2 amide bonds. The SMILES string of the molecule is C[C@@H](O)[C@H](NC(=O)CN)C(=O)N1CCC[C@H]1C(=O)O. The molecule has 1 saturated heterocycles. The average Bonchev–Trinajstić information content (AvgIpc) is 2.83. The van der Waals surface area contributed by atoms with E-state index in [1.165, 1.54) is 11.8 Å². The second-order valence-electron chi connectivity index (χ2n) is 4.52. The lowest BCUT2D eigenvalue weighted by Gasteiger charge is -2.28. The number of hydrogen-bond acceptors (Lipinski definition) is 5. The normalized spacial score (nSPS) is 21.8. The number of carbonyl (C=O) groups excluding carboxylic acids is 2. The summed E-state index contributed by atoms with van der Waals surface area (Å²) in [6.45, 7) is 1.35. The zero-order valence-electron chi connectivity index (χ0n) is 10.7. The van der Waals surface area contributed by atoms with E-state index in [0.29, 0.717) is 19.4 Å². The molecule has 1 aliphatic heterocycles. The van der Waals surface area contributed by atoms with E-state index in [2.05, 4.69) is 5.32 Å². The van der Waals surface area contributed by atoms with Crippen LogP contribution in [0, 0.1) is 0 Å². The number of hydrogen-bond donors (Lipinski definition) is 4. The molecule has 0 aromatic heterocycles. The summed E-state index contributed by atoms with van der Waals surface area (Å²) in [5.74, 6) is -2.26. The van der Waals surface area contributed by atoms with Gasteiger partial charge in [-0.1, -0.05) is 0 Å². The van der Waals surface area contributed by atoms with Gasteiger partial charge >= 0.3 is 5.97 Å². The molecule has 0 spiro atoms. The van der Waals surface area contributed by atoms with Crippen molar-refractivity contribution < 1.29 is 24.6 Å². The van der Waals surface area contributed by atoms with E-state index in [9.17, 15) is 19.5 Å². The predicted octanol–water partition coefficient (Wildman–Crippen LogP) is -2.11. The summed E-state index contributed by atoms with van der Waals surface area (Å²) in [6, 6.07) is -2.07. The van der Waals surface area contributed by atoms with E-state index in [-0.39, 0.29) is 6.54 Å². The van der Waals surface area contributed by atoms with Crippen LogP contribution in [0.3, 0.4) is 0 Å². The van der Waals surface area contributed by atoms with Crippen LogP contribution in [0.5, 0.6) is 0 Å². The summed E-state index contributed by atoms with van der Waals surface area (Å²) in [5.41, 5.74) is 5.14. The molecule has 0 unspecified atom stereocenters. The molecule has 1 rings (SSSR count). The van der Waals surface area contributed by atoms with Crippen LogP contribution >= 0.6 is 0 Å². The summed E-state index contributed by atoms with van der Waals surface area (Å²) in [7, 11) is 0. The van der Waals surface area contributed by atoms with E-state index >= 15 is 0 Å². The van der Waals surface area contributed by atoms with Crippen LogP contribution in [-0.2, 0) is 14.4 Å². The van der Waals surface area contributed by atoms with Gasteiger partial charge in [-0.05, 0) is 19.8 Å². The van der Waals surface area contributed by atoms with Gasteiger partial charge in [0, 0.05) is 6.54 Å². The topological polar surface area (TPSA) is 133 Å². The summed E-state index contributed by atoms with van der Waals surface area (Å²) >= 11 is 0. The van der Waals surface area contributed by atoms with Gasteiger partial charge in [-0.15, -0.1) is 0 Å². The Morgan fingerprint density at radius 3 is 2.58 bits per heavy atom. The quantitative estimate of drug-likeness (QED) is 0.453. The molecule has 0 bridgehead atoms. The first-order valence-electron chi connectivity index (χ1n) is 6.09. The van der Waals surface area contributed by atoms with Crippen LogP contribution in [0.2, 0.25) is 0 Å². The van der Waals surface area contributed by atoms with Crippen molar-refractivity contribution in [2.24, 2.45) is 5.73 Å². The standard InChI is InChI=1S/C11H19N3O5/c1-6(15)9(13-8(16)5-12)10(17)14-4-2-3-7(14)11(18)19/h6-7,9,15H,2-5,12H2,1H3,(H,13,16)(H,18,19)/t6-,7+,9+/m1/s1. The molecule has 1 fully saturated rings. The van der Waals surface area contributed by atoms with Crippen LogP contribution in [0.25, 0.3) is 0 Å². The molecule has 1 aliphatic rings. The van der Waals surface area contributed by atoms with Gasteiger partial charge in [0.05, 0.1) is 12.6 Å². The fourth-order valence-corrected chi connectivity index (χ4v) is 2.09. The van der Waals surface area contributed by atoms with Crippen molar-refractivity contribution in [3.8, 4) is 0 Å². The van der Waals surface area contributed by atoms with Gasteiger partial charge in [0.2, 0.25) is 11.8 Å². The Bertz CT molecular complexity index is 371. The maximum Gasteiger partial charge on any atom is 0.326 e. The monoisotopic (exact) mass is 273 g/mol. The minimum absolute atomic E-state index is 0.303. The first-order chi connectivity index (χ1) is 8.88. The lowest BCUT2D eigenvalue weighted by atomic mass is 10.1. The zero-order valence-corrected chi connectivity index (χ0v) is 10.7. The highest BCUT2D eigenvalue weighted by Gasteiger charge is 2.38. The van der Waals surface area contributed by atoms with Crippen molar-refractivity contribution in [3.63, 3.8) is 0 Å². The molecule has 5 N–H and O–H groups in total. The zero-order chi connectivity index (χ0) is 14.6. The van der Waals surface area contributed by atoms with Gasteiger partial charge < -0.3 is 26.2 Å². The molecule has 108 valence electrons. The molecule has 8 nitrogen and oxygen atoms in total. The van der Waals surface area contributed by atoms with Crippen molar-refractivity contribution >= 4 is 17.8 Å². The average molecular weight is 273 g/mol. The minimum Gasteiger partial charge on any atom is -0.480 e. The van der Waals surface area contributed by atoms with Crippen molar-refractivity contribution in [3.05, 3.63) is 0 Å². The van der Waals surface area contributed by atoms with Crippen molar-refractivity contribution in [2.75, 3.05) is 13.1 Å². The molecule has 19 heavy (non-hydrogen) atoms. The van der Waals surface area contributed by atoms with Gasteiger partial charge in [0.15, 0.2) is 0 Å². The molecule has 0 aliphatic carbocycles. The molecule has 1 heterocycles. The summed E-state index contributed by atoms with van der Waals surface area (Å²) in [5, 5.41) is 20.9. The number of likely N-dealkylation sites (tertiary alicyclic amines) is 1. The second-order valence-corrected chi connectivity index (χ2v) is 4.52. The molecule has 8 heteroatoms. The van der Waals surface area contributed by atoms with Crippen LogP contribution in [0.4, 0.5) is 0 Å². The number of rotatable bonds is 5. The van der Waals surface area contributed by atoms with E-state index < -0.39 is 36.0 Å². The molecular weight excluding hydrogens is 254 g/mol. The lowest BCUT2D eigenvalue weighted by molar-refractivity contribution is -0.150. The van der Waals surface area contributed by atoms with Crippen LogP contribution in [-0.4, -0.2) is 64.2 Å². The Kier molecular flexibility index (Phi) is 5.25. The third kappa shape index (κ3) is 3.65. The summed E-state index contributed by atoms with van der Waals surface area (Å²) < 4.78 is 0. The van der Waals surface area contributed by atoms with Gasteiger partial charge in [-0.3, -0.25) is 9.59 Å². The Balaban J connectivity index is 2.81. The number of nitrogens with two attached hydrogens (primary N) is 1. The number of aliphatic hydroxyl groups is 1. The van der Waals surface area contributed by atoms with Gasteiger partial charge in [0.25, 0.3) is 0 Å². The third-order valence-electron chi connectivity index (χ3n) is 3.07.